The fourth-order valence-corrected chi connectivity index (χ4v) is 6.36. The van der Waals surface area contributed by atoms with E-state index in [4.69, 9.17) is 29.2 Å². The van der Waals surface area contributed by atoms with E-state index < -0.39 is 24.5 Å². The number of fused-ring (bicyclic) bond motifs is 1. The van der Waals surface area contributed by atoms with Crippen LogP contribution < -0.4 is 5.32 Å². The minimum Gasteiger partial charge on any atom is -0.387 e. The van der Waals surface area contributed by atoms with E-state index in [1.807, 2.05) is 42.6 Å². The van der Waals surface area contributed by atoms with Gasteiger partial charge < -0.3 is 29.7 Å². The molecule has 1 aliphatic carbocycles. The molecule has 2 aliphatic rings. The Morgan fingerprint density at radius 2 is 1.67 bits per heavy atom. The van der Waals surface area contributed by atoms with Gasteiger partial charge in [-0.05, 0) is 42.7 Å². The third-order valence-corrected chi connectivity index (χ3v) is 8.89. The molecule has 238 valence electrons. The molecule has 0 bridgehead atoms. The Labute approximate surface area is 263 Å². The first kappa shape index (κ1) is 31.3. The molecular formula is C34H42N6O5. The van der Waals surface area contributed by atoms with E-state index in [1.165, 1.54) is 18.2 Å². The smallest absolute Gasteiger partial charge is 0.168 e. The van der Waals surface area contributed by atoms with Gasteiger partial charge in [0.2, 0.25) is 0 Å². The summed E-state index contributed by atoms with van der Waals surface area (Å²) in [6.45, 7) is 1.01. The lowest BCUT2D eigenvalue weighted by Crippen LogP contribution is -2.33. The molecule has 11 heteroatoms. The topological polar surface area (TPSA) is 136 Å². The van der Waals surface area contributed by atoms with Crippen molar-refractivity contribution in [2.45, 2.75) is 68.8 Å². The zero-order chi connectivity index (χ0) is 31.2. The van der Waals surface area contributed by atoms with E-state index in [2.05, 4.69) is 34.6 Å². The van der Waals surface area contributed by atoms with Gasteiger partial charge in [-0.15, -0.1) is 0 Å². The van der Waals surface area contributed by atoms with Crippen LogP contribution in [0.25, 0.3) is 11.2 Å². The number of imidazole rings is 1. The summed E-state index contributed by atoms with van der Waals surface area (Å²) in [6.07, 6.45) is 4.24. The van der Waals surface area contributed by atoms with Crippen molar-refractivity contribution in [1.29, 1.82) is 0 Å². The summed E-state index contributed by atoms with van der Waals surface area (Å²) >= 11 is 0. The number of methoxy groups -OCH3 is 2. The molecule has 1 aliphatic heterocycles. The molecule has 3 N–H and O–H groups in total. The summed E-state index contributed by atoms with van der Waals surface area (Å²) in [5.41, 5.74) is 3.39. The second-order valence-electron chi connectivity index (χ2n) is 11.8. The molecule has 45 heavy (non-hydrogen) atoms. The van der Waals surface area contributed by atoms with Crippen molar-refractivity contribution in [3.8, 4) is 0 Å². The van der Waals surface area contributed by atoms with Gasteiger partial charge in [0.05, 0.1) is 25.6 Å². The Bertz CT molecular complexity index is 1500. The molecule has 2 aromatic carbocycles. The molecule has 4 aromatic rings. The van der Waals surface area contributed by atoms with Gasteiger partial charge in [0.15, 0.2) is 29.0 Å². The average molecular weight is 615 g/mol. The first-order valence-corrected chi connectivity index (χ1v) is 15.7. The normalized spacial score (nSPS) is 25.4. The first-order chi connectivity index (χ1) is 22.1. The SMILES string of the molecule is COC[C@H]1OC(n2cnc3c(NCC(c4ccccc4)c4ccccc4)nc(CN=CC4CCC(OC)CC4)nc32)C(O)[C@@H]1O. The number of ether oxygens (including phenoxy) is 3. The molecule has 0 amide bonds. The quantitative estimate of drug-likeness (QED) is 0.201. The molecule has 4 atom stereocenters. The molecule has 2 aromatic heterocycles. The Kier molecular flexibility index (Phi) is 10.1. The second kappa shape index (κ2) is 14.6. The predicted molar refractivity (Wildman–Crippen MR) is 171 cm³/mol. The minimum absolute atomic E-state index is 0.0631. The number of benzene rings is 2. The van der Waals surface area contributed by atoms with Crippen LogP contribution in [-0.4, -0.2) is 87.7 Å². The summed E-state index contributed by atoms with van der Waals surface area (Å²) in [6, 6.07) is 20.7. The third-order valence-electron chi connectivity index (χ3n) is 8.89. The summed E-state index contributed by atoms with van der Waals surface area (Å²) < 4.78 is 18.4. The summed E-state index contributed by atoms with van der Waals surface area (Å²) in [5, 5.41) is 25.1. The number of nitrogens with zero attached hydrogens (tertiary/aromatic N) is 5. The molecule has 1 saturated heterocycles. The van der Waals surface area contributed by atoms with Crippen LogP contribution >= 0.6 is 0 Å². The molecule has 0 spiro atoms. The number of hydrogen-bond donors (Lipinski definition) is 3. The van der Waals surface area contributed by atoms with Gasteiger partial charge in [0.25, 0.3) is 0 Å². The highest BCUT2D eigenvalue weighted by Gasteiger charge is 2.44. The fourth-order valence-electron chi connectivity index (χ4n) is 6.36. The Morgan fingerprint density at radius 3 is 2.31 bits per heavy atom. The van der Waals surface area contributed by atoms with Crippen molar-refractivity contribution >= 4 is 23.2 Å². The number of hydrogen-bond acceptors (Lipinski definition) is 10. The lowest BCUT2D eigenvalue weighted by molar-refractivity contribution is -0.0580. The van der Waals surface area contributed by atoms with Gasteiger partial charge >= 0.3 is 0 Å². The predicted octanol–water partition coefficient (Wildman–Crippen LogP) is 4.11. The molecular weight excluding hydrogens is 572 g/mol. The monoisotopic (exact) mass is 614 g/mol. The van der Waals surface area contributed by atoms with E-state index in [0.29, 0.717) is 47.9 Å². The van der Waals surface area contributed by atoms with Crippen molar-refractivity contribution in [1.82, 2.24) is 19.5 Å². The fraction of sp³-hybridized carbons (Fsp3) is 0.471. The van der Waals surface area contributed by atoms with Gasteiger partial charge in [-0.1, -0.05) is 60.7 Å². The number of aromatic nitrogens is 4. The Hall–Kier alpha value is -3.74. The van der Waals surface area contributed by atoms with Crippen LogP contribution in [0.2, 0.25) is 0 Å². The maximum Gasteiger partial charge on any atom is 0.168 e. The summed E-state index contributed by atoms with van der Waals surface area (Å²) in [5.74, 6) is 1.56. The summed E-state index contributed by atoms with van der Waals surface area (Å²) in [7, 11) is 3.31. The van der Waals surface area contributed by atoms with E-state index in [1.54, 1.807) is 18.0 Å². The number of anilines is 1. The number of nitrogens with one attached hydrogen (secondary N) is 1. The van der Waals surface area contributed by atoms with Crippen LogP contribution in [0.1, 0.15) is 54.8 Å². The lowest BCUT2D eigenvalue weighted by atomic mass is 9.88. The highest BCUT2D eigenvalue weighted by atomic mass is 16.6. The molecule has 1 saturated carbocycles. The number of aliphatic hydroxyl groups is 2. The first-order valence-electron chi connectivity index (χ1n) is 15.7. The highest BCUT2D eigenvalue weighted by molar-refractivity contribution is 5.83. The zero-order valence-electron chi connectivity index (χ0n) is 25.8. The lowest BCUT2D eigenvalue weighted by Gasteiger charge is -2.24. The molecule has 6 rings (SSSR count). The molecule has 2 unspecified atom stereocenters. The number of aliphatic hydroxyl groups excluding tert-OH is 2. The van der Waals surface area contributed by atoms with Gasteiger partial charge in [-0.3, -0.25) is 9.56 Å². The maximum atomic E-state index is 10.9. The van der Waals surface area contributed by atoms with Crippen molar-refractivity contribution in [2.75, 3.05) is 32.7 Å². The van der Waals surface area contributed by atoms with E-state index >= 15 is 0 Å². The van der Waals surface area contributed by atoms with E-state index in [9.17, 15) is 10.2 Å². The highest BCUT2D eigenvalue weighted by Crippen LogP contribution is 2.33. The van der Waals surface area contributed by atoms with E-state index in [-0.39, 0.29) is 12.5 Å². The molecule has 3 heterocycles. The van der Waals surface area contributed by atoms with Gasteiger partial charge in [-0.2, -0.15) is 0 Å². The van der Waals surface area contributed by atoms with Crippen molar-refractivity contribution in [2.24, 2.45) is 10.9 Å². The second-order valence-corrected chi connectivity index (χ2v) is 11.8. The average Bonchev–Trinajstić information content (AvgIpc) is 3.62. The van der Waals surface area contributed by atoms with E-state index in [0.717, 1.165) is 25.7 Å². The van der Waals surface area contributed by atoms with Gasteiger partial charge in [-0.25, -0.2) is 15.0 Å². The maximum absolute atomic E-state index is 10.9. The Balaban J connectivity index is 1.30. The molecule has 2 fully saturated rings. The van der Waals surface area contributed by atoms with Crippen molar-refractivity contribution in [3.05, 3.63) is 83.9 Å². The zero-order valence-corrected chi connectivity index (χ0v) is 25.8. The molecule has 0 radical (unpaired) electrons. The third kappa shape index (κ3) is 7.08. The minimum atomic E-state index is -1.18. The van der Waals surface area contributed by atoms with Crippen LogP contribution in [0.15, 0.2) is 72.0 Å². The van der Waals surface area contributed by atoms with Crippen molar-refractivity contribution < 1.29 is 24.4 Å². The van der Waals surface area contributed by atoms with Crippen molar-refractivity contribution in [3.63, 3.8) is 0 Å². The standard InChI is InChI=1S/C34H42N6O5/c1-43-20-27-30(41)31(42)34(45-27)40-21-37-29-32(36-18-26(23-9-5-3-6-10-23)24-11-7-4-8-12-24)38-28(39-33(29)40)19-35-17-22-13-15-25(44-2)16-14-22/h3-12,17,21-22,25-27,30-31,34,41-42H,13-16,18-20H2,1-2H3,(H,36,38,39)/t22?,25?,27-,30-,31?,34?/m1/s1. The number of rotatable bonds is 12. The van der Waals surface area contributed by atoms with Crippen LogP contribution in [0.5, 0.6) is 0 Å². The van der Waals surface area contributed by atoms with Gasteiger partial charge in [0.1, 0.15) is 18.3 Å². The summed E-state index contributed by atoms with van der Waals surface area (Å²) in [4.78, 5) is 19.1. The van der Waals surface area contributed by atoms with Crippen LogP contribution in [0.3, 0.4) is 0 Å². The van der Waals surface area contributed by atoms with Crippen LogP contribution in [-0.2, 0) is 20.8 Å². The van der Waals surface area contributed by atoms with Crippen LogP contribution in [0, 0.1) is 5.92 Å². The van der Waals surface area contributed by atoms with Crippen LogP contribution in [0.4, 0.5) is 5.82 Å². The van der Waals surface area contributed by atoms with Gasteiger partial charge in [0, 0.05) is 32.9 Å². The largest absolute Gasteiger partial charge is 0.387 e. The number of aliphatic imine (C=N–C) groups is 1. The Morgan fingerprint density at radius 1 is 0.978 bits per heavy atom. The molecule has 11 nitrogen and oxygen atoms in total.